The lowest BCUT2D eigenvalue weighted by atomic mass is 10.2. The van der Waals surface area contributed by atoms with Gasteiger partial charge in [0.1, 0.15) is 17.6 Å². The number of para-hydroxylation sites is 4. The van der Waals surface area contributed by atoms with Crippen molar-refractivity contribution in [1.82, 2.24) is 0 Å². The molecule has 0 saturated carbocycles. The summed E-state index contributed by atoms with van der Waals surface area (Å²) in [5, 5.41) is 27.3. The number of methoxy groups -OCH3 is 2. The number of benzene rings is 2. The van der Waals surface area contributed by atoms with Crippen LogP contribution in [0.5, 0.6) is 11.5 Å². The number of nitrogens with zero attached hydrogens (tertiary/aromatic N) is 2. The van der Waals surface area contributed by atoms with Crippen molar-refractivity contribution in [3.05, 3.63) is 91.5 Å². The molecule has 0 saturated heterocycles. The molecule has 10 nitrogen and oxygen atoms in total. The minimum atomic E-state index is -0.936. The van der Waals surface area contributed by atoms with E-state index in [9.17, 15) is 20.2 Å². The van der Waals surface area contributed by atoms with Crippen LogP contribution in [0.1, 0.15) is 0 Å². The highest BCUT2D eigenvalue weighted by Gasteiger charge is 2.23. The Kier molecular flexibility index (Phi) is 7.38. The van der Waals surface area contributed by atoms with Gasteiger partial charge in [0.05, 0.1) is 35.4 Å². The van der Waals surface area contributed by atoms with Crippen LogP contribution in [0.25, 0.3) is 0 Å². The van der Waals surface area contributed by atoms with Gasteiger partial charge in [0.2, 0.25) is 0 Å². The van der Waals surface area contributed by atoms with Gasteiger partial charge in [-0.25, -0.2) is 0 Å². The van der Waals surface area contributed by atoms with Crippen molar-refractivity contribution in [2.75, 3.05) is 24.9 Å². The second-order valence-electron chi connectivity index (χ2n) is 5.39. The third-order valence-corrected chi connectivity index (χ3v) is 3.86. The van der Waals surface area contributed by atoms with Crippen molar-refractivity contribution in [2.45, 2.75) is 0 Å². The fourth-order valence-corrected chi connectivity index (χ4v) is 2.41. The van der Waals surface area contributed by atoms with Crippen molar-refractivity contribution < 1.29 is 19.3 Å². The first kappa shape index (κ1) is 21.5. The van der Waals surface area contributed by atoms with Crippen LogP contribution in [0.4, 0.5) is 11.4 Å². The van der Waals surface area contributed by atoms with E-state index in [4.69, 9.17) is 21.1 Å². The molecule has 0 bridgehead atoms. The highest BCUT2D eigenvalue weighted by molar-refractivity contribution is 6.28. The molecule has 0 radical (unpaired) electrons. The second kappa shape index (κ2) is 9.95. The highest BCUT2D eigenvalue weighted by Crippen LogP contribution is 2.29. The van der Waals surface area contributed by atoms with Gasteiger partial charge in [0.25, 0.3) is 0 Å². The number of nitro groups is 2. The second-order valence-corrected chi connectivity index (χ2v) is 5.78. The van der Waals surface area contributed by atoms with Gasteiger partial charge in [-0.15, -0.1) is 0 Å². The highest BCUT2D eigenvalue weighted by atomic mass is 35.5. The summed E-state index contributed by atoms with van der Waals surface area (Å²) in [4.78, 5) is 20.8. The smallest absolute Gasteiger partial charge is 0.344 e. The summed E-state index contributed by atoms with van der Waals surface area (Å²) in [7, 11) is 2.88. The van der Waals surface area contributed by atoms with E-state index in [1.807, 2.05) is 0 Å². The van der Waals surface area contributed by atoms with Crippen LogP contribution in [0.15, 0.2) is 71.3 Å². The van der Waals surface area contributed by atoms with Crippen molar-refractivity contribution in [3.63, 3.8) is 0 Å². The molecule has 152 valence electrons. The largest absolute Gasteiger partial charge is 0.495 e. The number of rotatable bonds is 9. The SMILES string of the molecule is COc1ccccc1NC(Nc1ccccc1OC)=C(C=C(Cl)[N+](=O)[O-])[N+](=O)[O-]. The molecule has 0 aliphatic carbocycles. The average molecular weight is 421 g/mol. The van der Waals surface area contributed by atoms with Crippen LogP contribution in [0, 0.1) is 20.2 Å². The van der Waals surface area contributed by atoms with Gasteiger partial charge < -0.3 is 20.1 Å². The Labute approximate surface area is 170 Å². The molecule has 0 fully saturated rings. The Balaban J connectivity index is 2.64. The molecule has 0 aromatic heterocycles. The number of nitrogens with one attached hydrogen (secondary N) is 2. The Morgan fingerprint density at radius 1 is 0.897 bits per heavy atom. The van der Waals surface area contributed by atoms with Crippen molar-refractivity contribution in [1.29, 1.82) is 0 Å². The normalized spacial score (nSPS) is 10.7. The van der Waals surface area contributed by atoms with E-state index in [1.54, 1.807) is 48.5 Å². The van der Waals surface area contributed by atoms with Gasteiger partial charge in [-0.2, -0.15) is 0 Å². The first-order valence-corrected chi connectivity index (χ1v) is 8.45. The lowest BCUT2D eigenvalue weighted by Gasteiger charge is -2.17. The third-order valence-electron chi connectivity index (χ3n) is 3.62. The fraction of sp³-hybridized carbons (Fsp3) is 0.111. The summed E-state index contributed by atoms with van der Waals surface area (Å²) in [5.41, 5.74) is 0.109. The number of anilines is 2. The number of halogens is 1. The van der Waals surface area contributed by atoms with E-state index >= 15 is 0 Å². The molecule has 0 heterocycles. The maximum Gasteiger partial charge on any atom is 0.344 e. The van der Waals surface area contributed by atoms with Crippen LogP contribution in [0.2, 0.25) is 0 Å². The van der Waals surface area contributed by atoms with Crippen molar-refractivity contribution in [2.24, 2.45) is 0 Å². The summed E-state index contributed by atoms with van der Waals surface area (Å²) in [5.74, 6) is 0.627. The summed E-state index contributed by atoms with van der Waals surface area (Å²) in [6.45, 7) is 0. The molecule has 2 aromatic rings. The van der Waals surface area contributed by atoms with E-state index in [2.05, 4.69) is 10.6 Å². The van der Waals surface area contributed by atoms with E-state index in [0.717, 1.165) is 0 Å². The molecule has 2 rings (SSSR count). The van der Waals surface area contributed by atoms with Crippen LogP contribution in [0.3, 0.4) is 0 Å². The average Bonchev–Trinajstić information content (AvgIpc) is 2.71. The zero-order chi connectivity index (χ0) is 21.4. The van der Waals surface area contributed by atoms with Gasteiger partial charge in [0, 0.05) is 0 Å². The van der Waals surface area contributed by atoms with Gasteiger partial charge in [0.15, 0.2) is 5.82 Å². The van der Waals surface area contributed by atoms with E-state index < -0.39 is 20.7 Å². The van der Waals surface area contributed by atoms with E-state index in [0.29, 0.717) is 28.9 Å². The lowest BCUT2D eigenvalue weighted by molar-refractivity contribution is -0.428. The number of hydrogen-bond acceptors (Lipinski definition) is 8. The zero-order valence-electron chi connectivity index (χ0n) is 15.4. The third kappa shape index (κ3) is 5.59. The molecule has 29 heavy (non-hydrogen) atoms. The predicted molar refractivity (Wildman–Crippen MR) is 108 cm³/mol. The molecule has 0 amide bonds. The summed E-state index contributed by atoms with van der Waals surface area (Å²) < 4.78 is 10.5. The predicted octanol–water partition coefficient (Wildman–Crippen LogP) is 4.03. The number of hydrogen-bond donors (Lipinski definition) is 2. The monoisotopic (exact) mass is 420 g/mol. The van der Waals surface area contributed by atoms with Gasteiger partial charge in [-0.3, -0.25) is 20.2 Å². The maximum absolute atomic E-state index is 11.7. The molecule has 2 N–H and O–H groups in total. The standard InChI is InChI=1S/C18H17ClN4O6/c1-28-15-9-5-3-7-12(15)20-18(14(22(24)25)11-17(19)23(26)27)21-13-8-4-6-10-16(13)29-2/h3-11,20-21H,1-2H3. The van der Waals surface area contributed by atoms with E-state index in [1.165, 1.54) is 14.2 Å². The first-order valence-electron chi connectivity index (χ1n) is 8.07. The molecule has 0 aliphatic heterocycles. The topological polar surface area (TPSA) is 129 Å². The molecular weight excluding hydrogens is 404 g/mol. The van der Waals surface area contributed by atoms with Crippen LogP contribution >= 0.6 is 11.6 Å². The number of allylic oxidation sites excluding steroid dienone is 1. The van der Waals surface area contributed by atoms with E-state index in [-0.39, 0.29) is 5.82 Å². The quantitative estimate of drug-likeness (QED) is 0.269. The summed E-state index contributed by atoms with van der Waals surface area (Å²) in [6.07, 6.45) is 0.641. The van der Waals surface area contributed by atoms with Crippen molar-refractivity contribution in [3.8, 4) is 11.5 Å². The minimum absolute atomic E-state index is 0.177. The fourth-order valence-electron chi connectivity index (χ4n) is 2.31. The van der Waals surface area contributed by atoms with Gasteiger partial charge in [-0.1, -0.05) is 24.3 Å². The van der Waals surface area contributed by atoms with Crippen LogP contribution < -0.4 is 20.1 Å². The maximum atomic E-state index is 11.7. The molecule has 0 spiro atoms. The molecule has 2 aromatic carbocycles. The summed E-state index contributed by atoms with van der Waals surface area (Å²) in [6, 6.07) is 13.4. The Morgan fingerprint density at radius 2 is 1.34 bits per heavy atom. The van der Waals surface area contributed by atoms with Gasteiger partial charge >= 0.3 is 10.9 Å². The van der Waals surface area contributed by atoms with Gasteiger partial charge in [-0.05, 0) is 35.9 Å². The Bertz CT molecular complexity index is 925. The minimum Gasteiger partial charge on any atom is -0.495 e. The molecular formula is C18H17ClN4O6. The molecule has 0 aliphatic rings. The first-order chi connectivity index (χ1) is 13.9. The zero-order valence-corrected chi connectivity index (χ0v) is 16.2. The van der Waals surface area contributed by atoms with Crippen LogP contribution in [-0.2, 0) is 0 Å². The molecule has 0 unspecified atom stereocenters. The lowest BCUT2D eigenvalue weighted by Crippen LogP contribution is -2.17. The number of ether oxygens (including phenoxy) is 2. The molecule has 11 heteroatoms. The Morgan fingerprint density at radius 3 is 1.72 bits per heavy atom. The van der Waals surface area contributed by atoms with Crippen LogP contribution in [-0.4, -0.2) is 24.1 Å². The molecule has 0 atom stereocenters. The van der Waals surface area contributed by atoms with Crippen molar-refractivity contribution >= 4 is 23.0 Å². The summed E-state index contributed by atoms with van der Waals surface area (Å²) >= 11 is 5.54. The Hall–Kier alpha value is -3.79.